The molecule has 0 fully saturated rings. The molecule has 7 nitrogen and oxygen atoms in total. The van der Waals surface area contributed by atoms with Gasteiger partial charge in [0.15, 0.2) is 0 Å². The molecule has 0 saturated heterocycles. The van der Waals surface area contributed by atoms with Crippen LogP contribution < -0.4 is 15.3 Å². The third-order valence-corrected chi connectivity index (χ3v) is 1.89. The van der Waals surface area contributed by atoms with Crippen LogP contribution in [0.1, 0.15) is 13.8 Å². The average Bonchev–Trinajstić information content (AvgIpc) is 1.81. The van der Waals surface area contributed by atoms with Crippen molar-refractivity contribution in [1.82, 2.24) is 9.61 Å². The maximum atomic E-state index is 10.9. The van der Waals surface area contributed by atoms with Crippen LogP contribution in [0.5, 0.6) is 0 Å². The highest BCUT2D eigenvalue weighted by molar-refractivity contribution is 7.87. The first-order chi connectivity index (χ1) is 5.83. The second kappa shape index (κ2) is 5.12. The van der Waals surface area contributed by atoms with Crippen LogP contribution in [0, 0.1) is 0 Å². The van der Waals surface area contributed by atoms with E-state index in [0.717, 1.165) is 0 Å². The summed E-state index contributed by atoms with van der Waals surface area (Å²) in [6.45, 7) is 2.79. The third-order valence-electron chi connectivity index (χ3n) is 0.774. The SMILES string of the molecule is CC(C)NS(=O)(=O)NOCC(N)=O. The number of primary amides is 1. The molecule has 13 heavy (non-hydrogen) atoms. The Morgan fingerprint density at radius 3 is 2.46 bits per heavy atom. The number of rotatable bonds is 6. The molecule has 1 amide bonds. The minimum Gasteiger partial charge on any atom is -0.368 e. The van der Waals surface area contributed by atoms with Crippen molar-refractivity contribution in [3.63, 3.8) is 0 Å². The Morgan fingerprint density at radius 2 is 2.08 bits per heavy atom. The fourth-order valence-corrected chi connectivity index (χ4v) is 1.40. The number of hydrogen-bond donors (Lipinski definition) is 3. The molecule has 0 saturated carbocycles. The molecule has 0 aliphatic carbocycles. The number of carbonyl (C=O) groups excluding carboxylic acids is 1. The van der Waals surface area contributed by atoms with Crippen LogP contribution in [0.15, 0.2) is 0 Å². The summed E-state index contributed by atoms with van der Waals surface area (Å²) < 4.78 is 24.0. The van der Waals surface area contributed by atoms with Gasteiger partial charge < -0.3 is 5.73 Å². The van der Waals surface area contributed by atoms with Crippen LogP contribution in [-0.2, 0) is 19.8 Å². The van der Waals surface area contributed by atoms with E-state index in [1.165, 1.54) is 0 Å². The zero-order valence-electron chi connectivity index (χ0n) is 7.40. The van der Waals surface area contributed by atoms with Gasteiger partial charge in [-0.1, -0.05) is 4.89 Å². The van der Waals surface area contributed by atoms with Crippen molar-refractivity contribution in [2.75, 3.05) is 6.61 Å². The molecule has 0 aromatic carbocycles. The van der Waals surface area contributed by atoms with Gasteiger partial charge in [-0.25, -0.2) is 0 Å². The van der Waals surface area contributed by atoms with Crippen LogP contribution in [0.2, 0.25) is 0 Å². The topological polar surface area (TPSA) is 111 Å². The van der Waals surface area contributed by atoms with Gasteiger partial charge in [-0.05, 0) is 13.8 Å². The molecule has 0 atom stereocenters. The molecular formula is C5H13N3O4S. The van der Waals surface area contributed by atoms with Gasteiger partial charge in [-0.15, -0.1) is 0 Å². The second-order valence-electron chi connectivity index (χ2n) is 2.61. The normalized spacial score (nSPS) is 11.9. The maximum Gasteiger partial charge on any atom is 0.299 e. The summed E-state index contributed by atoms with van der Waals surface area (Å²) in [6, 6.07) is -0.255. The Balaban J connectivity index is 3.84. The highest BCUT2D eigenvalue weighted by atomic mass is 32.2. The van der Waals surface area contributed by atoms with E-state index >= 15 is 0 Å². The molecule has 0 unspecified atom stereocenters. The van der Waals surface area contributed by atoms with Crippen molar-refractivity contribution in [3.05, 3.63) is 0 Å². The van der Waals surface area contributed by atoms with E-state index < -0.39 is 22.7 Å². The molecule has 0 bridgehead atoms. The Bertz CT molecular complexity index is 261. The second-order valence-corrected chi connectivity index (χ2v) is 4.02. The van der Waals surface area contributed by atoms with Crippen molar-refractivity contribution in [1.29, 1.82) is 0 Å². The Labute approximate surface area is 76.8 Å². The van der Waals surface area contributed by atoms with Crippen molar-refractivity contribution >= 4 is 16.1 Å². The van der Waals surface area contributed by atoms with E-state index in [9.17, 15) is 13.2 Å². The van der Waals surface area contributed by atoms with E-state index in [0.29, 0.717) is 0 Å². The zero-order valence-corrected chi connectivity index (χ0v) is 8.22. The first kappa shape index (κ1) is 12.3. The van der Waals surface area contributed by atoms with Crippen LogP contribution in [0.25, 0.3) is 0 Å². The monoisotopic (exact) mass is 211 g/mol. The fraction of sp³-hybridized carbons (Fsp3) is 0.800. The quantitative estimate of drug-likeness (QED) is 0.452. The van der Waals surface area contributed by atoms with Crippen molar-refractivity contribution in [3.8, 4) is 0 Å². The van der Waals surface area contributed by atoms with Crippen molar-refractivity contribution in [2.24, 2.45) is 5.73 Å². The molecule has 0 radical (unpaired) electrons. The van der Waals surface area contributed by atoms with Crippen molar-refractivity contribution in [2.45, 2.75) is 19.9 Å². The summed E-state index contributed by atoms with van der Waals surface area (Å²) in [6.07, 6.45) is 0. The molecule has 0 aromatic rings. The maximum absolute atomic E-state index is 10.9. The predicted octanol–water partition coefficient (Wildman–Crippen LogP) is -1.76. The van der Waals surface area contributed by atoms with Crippen LogP contribution in [-0.4, -0.2) is 27.0 Å². The average molecular weight is 211 g/mol. The lowest BCUT2D eigenvalue weighted by atomic mass is 10.4. The van der Waals surface area contributed by atoms with E-state index in [2.05, 4.69) is 9.56 Å². The lowest BCUT2D eigenvalue weighted by molar-refractivity contribution is -0.123. The zero-order chi connectivity index (χ0) is 10.5. The molecular weight excluding hydrogens is 198 g/mol. The molecule has 0 aliphatic rings. The van der Waals surface area contributed by atoms with E-state index in [-0.39, 0.29) is 6.04 Å². The number of amides is 1. The smallest absolute Gasteiger partial charge is 0.299 e. The van der Waals surface area contributed by atoms with Gasteiger partial charge in [0.05, 0.1) is 0 Å². The van der Waals surface area contributed by atoms with E-state index in [1.807, 2.05) is 0 Å². The minimum absolute atomic E-state index is 0.255. The van der Waals surface area contributed by atoms with Crippen LogP contribution in [0.3, 0.4) is 0 Å². The molecule has 0 aliphatic heterocycles. The van der Waals surface area contributed by atoms with Gasteiger partial charge in [-0.2, -0.15) is 13.1 Å². The third kappa shape index (κ3) is 7.65. The van der Waals surface area contributed by atoms with Crippen LogP contribution in [0.4, 0.5) is 0 Å². The molecule has 0 spiro atoms. The molecule has 4 N–H and O–H groups in total. The first-order valence-corrected chi connectivity index (χ1v) is 5.01. The molecule has 0 aromatic heterocycles. The molecule has 78 valence electrons. The van der Waals surface area contributed by atoms with Crippen LogP contribution >= 0.6 is 0 Å². The summed E-state index contributed by atoms with van der Waals surface area (Å²) in [7, 11) is -3.71. The number of carbonyl (C=O) groups is 1. The standard InChI is InChI=1S/C5H13N3O4S/c1-4(2)7-13(10,11)8-12-3-5(6)9/h4,7-8H,3H2,1-2H3,(H2,6,9). The van der Waals surface area contributed by atoms with E-state index in [4.69, 9.17) is 5.73 Å². The summed E-state index contributed by atoms with van der Waals surface area (Å²) in [4.78, 5) is 16.1. The lowest BCUT2D eigenvalue weighted by Gasteiger charge is -2.09. The van der Waals surface area contributed by atoms with Gasteiger partial charge in [0, 0.05) is 6.04 Å². The summed E-state index contributed by atoms with van der Waals surface area (Å²) in [5.41, 5.74) is 4.70. The Morgan fingerprint density at radius 1 is 1.54 bits per heavy atom. The molecule has 0 heterocycles. The van der Waals surface area contributed by atoms with Crippen molar-refractivity contribution < 1.29 is 18.0 Å². The lowest BCUT2D eigenvalue weighted by Crippen LogP contribution is -2.41. The largest absolute Gasteiger partial charge is 0.368 e. The van der Waals surface area contributed by atoms with Gasteiger partial charge in [0.2, 0.25) is 5.91 Å². The summed E-state index contributed by atoms with van der Waals surface area (Å²) in [5.74, 6) is -0.757. The summed E-state index contributed by atoms with van der Waals surface area (Å²) in [5, 5.41) is 0. The highest BCUT2D eigenvalue weighted by Crippen LogP contribution is 1.83. The summed E-state index contributed by atoms with van der Waals surface area (Å²) >= 11 is 0. The van der Waals surface area contributed by atoms with Gasteiger partial charge >= 0.3 is 0 Å². The molecule has 0 rings (SSSR count). The number of nitrogens with two attached hydrogens (primary N) is 1. The predicted molar refractivity (Wildman–Crippen MR) is 45.5 cm³/mol. The van der Waals surface area contributed by atoms with Gasteiger partial charge in [-0.3, -0.25) is 9.63 Å². The molecule has 8 heteroatoms. The number of nitrogens with one attached hydrogen (secondary N) is 2. The minimum atomic E-state index is -3.71. The Hall–Kier alpha value is -0.700. The Kier molecular flexibility index (Phi) is 4.85. The first-order valence-electron chi connectivity index (χ1n) is 3.52. The van der Waals surface area contributed by atoms with Gasteiger partial charge in [0.25, 0.3) is 10.2 Å². The number of hydrogen-bond acceptors (Lipinski definition) is 4. The highest BCUT2D eigenvalue weighted by Gasteiger charge is 2.10. The fourth-order valence-electron chi connectivity index (χ4n) is 0.513. The van der Waals surface area contributed by atoms with E-state index in [1.54, 1.807) is 18.7 Å². The van der Waals surface area contributed by atoms with Gasteiger partial charge in [0.1, 0.15) is 6.61 Å².